The van der Waals surface area contributed by atoms with E-state index in [2.05, 4.69) is 42.2 Å². The lowest BCUT2D eigenvalue weighted by atomic mass is 9.78. The van der Waals surface area contributed by atoms with E-state index in [1.54, 1.807) is 18.5 Å². The molecule has 21 heavy (non-hydrogen) atoms. The summed E-state index contributed by atoms with van der Waals surface area (Å²) in [6, 6.07) is 3.66. The number of carbonyl (C=O) groups excluding carboxylic acids is 1. The van der Waals surface area contributed by atoms with Crippen LogP contribution in [0.3, 0.4) is 0 Å². The lowest BCUT2D eigenvalue weighted by molar-refractivity contribution is -0.148. The molecule has 7 heteroatoms. The first kappa shape index (κ1) is 16.4. The fourth-order valence-electron chi connectivity index (χ4n) is 2.49. The third kappa shape index (κ3) is 4.26. The van der Waals surface area contributed by atoms with Crippen molar-refractivity contribution in [2.75, 3.05) is 0 Å². The van der Waals surface area contributed by atoms with Crippen molar-refractivity contribution < 1.29 is 14.7 Å². The lowest BCUT2D eigenvalue weighted by Crippen LogP contribution is -2.44. The molecule has 5 nitrogen and oxygen atoms in total. The summed E-state index contributed by atoms with van der Waals surface area (Å²) in [5.74, 6) is -2.30. The Balaban J connectivity index is 2.00. The Morgan fingerprint density at radius 3 is 2.52 bits per heavy atom. The largest absolute Gasteiger partial charge is 0.481 e. The number of halogens is 2. The van der Waals surface area contributed by atoms with Gasteiger partial charge in [0.05, 0.1) is 11.8 Å². The Morgan fingerprint density at radius 1 is 1.29 bits per heavy atom. The fourth-order valence-corrected chi connectivity index (χ4v) is 3.73. The molecule has 2 N–H and O–H groups in total. The van der Waals surface area contributed by atoms with Crippen molar-refractivity contribution in [1.29, 1.82) is 0 Å². The minimum Gasteiger partial charge on any atom is -0.481 e. The smallest absolute Gasteiger partial charge is 0.307 e. The van der Waals surface area contributed by atoms with Crippen LogP contribution in [0.5, 0.6) is 0 Å². The molecule has 0 radical (unpaired) electrons. The number of amides is 1. The van der Waals surface area contributed by atoms with Crippen LogP contribution >= 0.6 is 31.9 Å². The molecule has 1 heterocycles. The van der Waals surface area contributed by atoms with E-state index >= 15 is 0 Å². The summed E-state index contributed by atoms with van der Waals surface area (Å²) >= 11 is 6.97. The van der Waals surface area contributed by atoms with Gasteiger partial charge in [0.2, 0.25) is 5.91 Å². The summed E-state index contributed by atoms with van der Waals surface area (Å²) in [7, 11) is 0. The monoisotopic (exact) mass is 418 g/mol. The Labute approximate surface area is 139 Å². The highest BCUT2D eigenvalue weighted by Crippen LogP contribution is 2.38. The highest BCUT2D eigenvalue weighted by Gasteiger charge is 2.42. The van der Waals surface area contributed by atoms with Gasteiger partial charge in [0.15, 0.2) is 0 Å². The standard InChI is InChI=1S/C14H16Br2N2O3/c15-11-4-9(10(14(20)21)5-12(11)16)13(19)18-7-8-2-1-3-17-6-8/h1-3,6,9-12H,4-5,7H2,(H,18,19)(H,20,21)/t9-,10-,11+,12+/m0/s1. The highest BCUT2D eigenvalue weighted by molar-refractivity contribution is 9.12. The number of aliphatic carboxylic acids is 1. The minimum absolute atomic E-state index is 0.0703. The maximum absolute atomic E-state index is 12.3. The van der Waals surface area contributed by atoms with E-state index in [9.17, 15) is 14.7 Å². The number of alkyl halides is 2. The van der Waals surface area contributed by atoms with E-state index in [0.717, 1.165) is 5.56 Å². The number of pyridine rings is 1. The van der Waals surface area contributed by atoms with Crippen LogP contribution in [0.2, 0.25) is 0 Å². The van der Waals surface area contributed by atoms with E-state index in [4.69, 9.17) is 0 Å². The van der Waals surface area contributed by atoms with Crippen molar-refractivity contribution in [2.24, 2.45) is 11.8 Å². The number of carboxylic acid groups (broad SMARTS) is 1. The van der Waals surface area contributed by atoms with E-state index in [1.807, 2.05) is 6.07 Å². The third-order valence-electron chi connectivity index (χ3n) is 3.68. The second-order valence-electron chi connectivity index (χ2n) is 5.13. The van der Waals surface area contributed by atoms with Crippen molar-refractivity contribution in [3.05, 3.63) is 30.1 Å². The van der Waals surface area contributed by atoms with Gasteiger partial charge in [0.25, 0.3) is 0 Å². The zero-order valence-corrected chi connectivity index (χ0v) is 14.4. The molecule has 114 valence electrons. The van der Waals surface area contributed by atoms with Crippen LogP contribution in [0.25, 0.3) is 0 Å². The molecule has 0 bridgehead atoms. The Kier molecular flexibility index (Phi) is 5.75. The summed E-state index contributed by atoms with van der Waals surface area (Å²) in [6.07, 6.45) is 4.29. The quantitative estimate of drug-likeness (QED) is 0.734. The van der Waals surface area contributed by atoms with Crippen LogP contribution in [0.15, 0.2) is 24.5 Å². The summed E-state index contributed by atoms with van der Waals surface area (Å²) in [5, 5.41) is 12.1. The molecule has 0 aliphatic heterocycles. The first-order valence-electron chi connectivity index (χ1n) is 6.66. The van der Waals surface area contributed by atoms with E-state index < -0.39 is 17.8 Å². The first-order valence-corrected chi connectivity index (χ1v) is 8.49. The Morgan fingerprint density at radius 2 is 1.95 bits per heavy atom. The van der Waals surface area contributed by atoms with Gasteiger partial charge in [-0.2, -0.15) is 0 Å². The van der Waals surface area contributed by atoms with Gasteiger partial charge < -0.3 is 10.4 Å². The molecule has 0 spiro atoms. The zero-order valence-electron chi connectivity index (χ0n) is 11.2. The molecule has 4 atom stereocenters. The van der Waals surface area contributed by atoms with Crippen LogP contribution in [-0.2, 0) is 16.1 Å². The van der Waals surface area contributed by atoms with Gasteiger partial charge in [-0.15, -0.1) is 0 Å². The van der Waals surface area contributed by atoms with Crippen molar-refractivity contribution in [3.8, 4) is 0 Å². The number of rotatable bonds is 4. The van der Waals surface area contributed by atoms with Crippen LogP contribution in [0.4, 0.5) is 0 Å². The SMILES string of the molecule is O=C(O)[C@H]1C[C@@H](Br)[C@H](Br)C[C@@H]1C(=O)NCc1cccnc1. The van der Waals surface area contributed by atoms with Crippen molar-refractivity contribution in [2.45, 2.75) is 29.0 Å². The van der Waals surface area contributed by atoms with Crippen LogP contribution in [-0.4, -0.2) is 31.6 Å². The Hall–Kier alpha value is -0.950. The van der Waals surface area contributed by atoms with Gasteiger partial charge in [-0.05, 0) is 24.5 Å². The second-order valence-corrected chi connectivity index (χ2v) is 7.49. The molecule has 1 aliphatic rings. The number of nitrogens with one attached hydrogen (secondary N) is 1. The molecular weight excluding hydrogens is 404 g/mol. The van der Waals surface area contributed by atoms with E-state index in [1.165, 1.54) is 0 Å². The number of hydrogen-bond donors (Lipinski definition) is 2. The lowest BCUT2D eigenvalue weighted by Gasteiger charge is -2.33. The molecule has 1 aliphatic carbocycles. The van der Waals surface area contributed by atoms with Gasteiger partial charge in [-0.1, -0.05) is 37.9 Å². The highest BCUT2D eigenvalue weighted by atomic mass is 79.9. The Bertz CT molecular complexity index is 512. The van der Waals surface area contributed by atoms with Gasteiger partial charge in [-0.25, -0.2) is 0 Å². The first-order chi connectivity index (χ1) is 9.99. The van der Waals surface area contributed by atoms with Crippen molar-refractivity contribution >= 4 is 43.7 Å². The maximum Gasteiger partial charge on any atom is 0.307 e. The molecule has 0 unspecified atom stereocenters. The summed E-state index contributed by atoms with van der Waals surface area (Å²) in [4.78, 5) is 27.8. The molecule has 0 saturated heterocycles. The molecular formula is C14H16Br2N2O3. The van der Waals surface area contributed by atoms with E-state index in [0.29, 0.717) is 19.4 Å². The predicted molar refractivity (Wildman–Crippen MR) is 85.4 cm³/mol. The summed E-state index contributed by atoms with van der Waals surface area (Å²) in [6.45, 7) is 0.361. The van der Waals surface area contributed by atoms with Crippen LogP contribution in [0.1, 0.15) is 18.4 Å². The van der Waals surface area contributed by atoms with Gasteiger partial charge in [-0.3, -0.25) is 14.6 Å². The van der Waals surface area contributed by atoms with Crippen molar-refractivity contribution in [3.63, 3.8) is 0 Å². The minimum atomic E-state index is -0.916. The fraction of sp³-hybridized carbons (Fsp3) is 0.500. The van der Waals surface area contributed by atoms with Crippen LogP contribution in [0, 0.1) is 11.8 Å². The second kappa shape index (κ2) is 7.35. The van der Waals surface area contributed by atoms with E-state index in [-0.39, 0.29) is 15.6 Å². The summed E-state index contributed by atoms with van der Waals surface area (Å²) < 4.78 is 0. The molecule has 1 fully saturated rings. The molecule has 1 aromatic rings. The van der Waals surface area contributed by atoms with Crippen molar-refractivity contribution in [1.82, 2.24) is 10.3 Å². The topological polar surface area (TPSA) is 79.3 Å². The predicted octanol–water partition coefficient (Wildman–Crippen LogP) is 2.34. The number of carboxylic acids is 1. The average Bonchev–Trinajstić information content (AvgIpc) is 2.48. The normalized spacial score (nSPS) is 28.9. The third-order valence-corrected chi connectivity index (χ3v) is 6.41. The number of aromatic nitrogens is 1. The maximum atomic E-state index is 12.3. The molecule has 2 rings (SSSR count). The number of carbonyl (C=O) groups is 2. The number of nitrogens with zero attached hydrogens (tertiary/aromatic N) is 1. The zero-order chi connectivity index (χ0) is 15.4. The van der Waals surface area contributed by atoms with Gasteiger partial charge >= 0.3 is 5.97 Å². The molecule has 1 amide bonds. The summed E-state index contributed by atoms with van der Waals surface area (Å²) in [5.41, 5.74) is 0.891. The average molecular weight is 420 g/mol. The van der Waals surface area contributed by atoms with Crippen LogP contribution < -0.4 is 5.32 Å². The number of hydrogen-bond acceptors (Lipinski definition) is 3. The van der Waals surface area contributed by atoms with Gasteiger partial charge in [0, 0.05) is 28.6 Å². The molecule has 0 aromatic carbocycles. The molecule has 1 aromatic heterocycles. The van der Waals surface area contributed by atoms with Gasteiger partial charge in [0.1, 0.15) is 0 Å². The molecule has 1 saturated carbocycles.